The third-order valence-electron chi connectivity index (χ3n) is 4.05. The number of aromatic amines is 1. The predicted molar refractivity (Wildman–Crippen MR) is 81.6 cm³/mol. The van der Waals surface area contributed by atoms with Gasteiger partial charge in [0.1, 0.15) is 6.10 Å². The predicted octanol–water partition coefficient (Wildman–Crippen LogP) is -0.356. The number of aromatic nitrogens is 2. The van der Waals surface area contributed by atoms with Gasteiger partial charge in [0.15, 0.2) is 18.9 Å². The van der Waals surface area contributed by atoms with E-state index in [0.29, 0.717) is 0 Å². The average Bonchev–Trinajstić information content (AvgIpc) is 3.12. The molecule has 2 aliphatic rings. The van der Waals surface area contributed by atoms with Crippen molar-refractivity contribution in [1.29, 1.82) is 0 Å². The first-order chi connectivity index (χ1) is 12.2. The Morgan fingerprint density at radius 1 is 1.42 bits per heavy atom. The Hall–Kier alpha value is -2.08. The molecule has 1 aromatic heterocycles. The van der Waals surface area contributed by atoms with Gasteiger partial charge in [-0.2, -0.15) is 0 Å². The average molecular weight is 374 g/mol. The van der Waals surface area contributed by atoms with Crippen LogP contribution in [0.3, 0.4) is 0 Å². The second kappa shape index (κ2) is 6.91. The summed E-state index contributed by atoms with van der Waals surface area (Å²) in [6.07, 6.45) is -2.48. The molecule has 1 unspecified atom stereocenters. The second-order valence-electron chi connectivity index (χ2n) is 6.26. The number of ether oxygens (including phenoxy) is 5. The number of carbonyl (C=O) groups is 1. The first kappa shape index (κ1) is 18.7. The summed E-state index contributed by atoms with van der Waals surface area (Å²) in [6.45, 7) is 1.28. The molecule has 26 heavy (non-hydrogen) atoms. The smallest absolute Gasteiger partial charge is 0.330 e. The molecule has 10 nitrogen and oxygen atoms in total. The normalized spacial score (nSPS) is 33.4. The first-order valence-electron chi connectivity index (χ1n) is 7.94. The van der Waals surface area contributed by atoms with E-state index in [-0.39, 0.29) is 0 Å². The highest BCUT2D eigenvalue weighted by Crippen LogP contribution is 2.45. The van der Waals surface area contributed by atoms with E-state index in [2.05, 4.69) is 0 Å². The molecule has 3 heterocycles. The van der Waals surface area contributed by atoms with Gasteiger partial charge >= 0.3 is 11.7 Å². The summed E-state index contributed by atoms with van der Waals surface area (Å²) in [5.41, 5.74) is -1.43. The minimum absolute atomic E-state index is 0.458. The van der Waals surface area contributed by atoms with Gasteiger partial charge in [-0.25, -0.2) is 9.18 Å². The third kappa shape index (κ3) is 3.30. The molecule has 144 valence electrons. The van der Waals surface area contributed by atoms with Crippen LogP contribution in [0.25, 0.3) is 0 Å². The van der Waals surface area contributed by atoms with Crippen LogP contribution in [-0.2, 0) is 28.5 Å². The second-order valence-corrected chi connectivity index (χ2v) is 6.26. The van der Waals surface area contributed by atoms with Crippen molar-refractivity contribution in [1.82, 2.24) is 9.55 Å². The number of alkyl halides is 1. The number of halogens is 1. The Kier molecular flexibility index (Phi) is 4.97. The topological polar surface area (TPSA) is 118 Å². The van der Waals surface area contributed by atoms with Crippen molar-refractivity contribution < 1.29 is 32.9 Å². The highest BCUT2D eigenvalue weighted by molar-refractivity contribution is 5.71. The van der Waals surface area contributed by atoms with Gasteiger partial charge < -0.3 is 23.7 Å². The number of H-pyrrole nitrogens is 1. The van der Waals surface area contributed by atoms with Crippen molar-refractivity contribution in [2.75, 3.05) is 13.7 Å². The van der Waals surface area contributed by atoms with Crippen molar-refractivity contribution in [2.24, 2.45) is 5.92 Å². The van der Waals surface area contributed by atoms with E-state index < -0.39 is 60.5 Å². The maximum atomic E-state index is 15.4. The molecule has 2 aliphatic heterocycles. The molecule has 0 bridgehead atoms. The van der Waals surface area contributed by atoms with E-state index in [4.69, 9.17) is 23.7 Å². The zero-order chi connectivity index (χ0) is 19.1. The molecule has 0 saturated carbocycles. The number of rotatable bonds is 5. The molecular weight excluding hydrogens is 355 g/mol. The van der Waals surface area contributed by atoms with E-state index >= 15 is 4.39 Å². The van der Waals surface area contributed by atoms with Crippen molar-refractivity contribution in [3.8, 4) is 0 Å². The number of hydrogen-bond acceptors (Lipinski definition) is 8. The van der Waals surface area contributed by atoms with Gasteiger partial charge in [0.05, 0.1) is 5.92 Å². The van der Waals surface area contributed by atoms with Crippen LogP contribution in [0.1, 0.15) is 20.1 Å². The molecule has 0 spiro atoms. The Balaban J connectivity index is 1.89. The summed E-state index contributed by atoms with van der Waals surface area (Å²) >= 11 is 0. The van der Waals surface area contributed by atoms with Crippen LogP contribution in [0.15, 0.2) is 21.9 Å². The van der Waals surface area contributed by atoms with Crippen molar-refractivity contribution in [3.05, 3.63) is 33.1 Å². The summed E-state index contributed by atoms with van der Waals surface area (Å²) in [5, 5.41) is 0. The number of nitrogens with zero attached hydrogens (tertiary/aromatic N) is 1. The Bertz CT molecular complexity index is 792. The van der Waals surface area contributed by atoms with Crippen LogP contribution in [0.4, 0.5) is 4.39 Å². The number of nitrogens with one attached hydrogen (secondary N) is 1. The van der Waals surface area contributed by atoms with Gasteiger partial charge in [0, 0.05) is 19.4 Å². The quantitative estimate of drug-likeness (QED) is 0.695. The van der Waals surface area contributed by atoms with Crippen LogP contribution >= 0.6 is 0 Å². The molecule has 0 aliphatic carbocycles. The highest BCUT2D eigenvalue weighted by atomic mass is 19.2. The molecule has 2 saturated heterocycles. The molecule has 1 aromatic rings. The van der Waals surface area contributed by atoms with Crippen molar-refractivity contribution in [2.45, 2.75) is 44.6 Å². The van der Waals surface area contributed by atoms with Crippen LogP contribution in [-0.4, -0.2) is 53.8 Å². The summed E-state index contributed by atoms with van der Waals surface area (Å²) < 4.78 is 42.3. The number of fused-ring (bicyclic) bond motifs is 1. The van der Waals surface area contributed by atoms with E-state index in [1.807, 2.05) is 4.98 Å². The Morgan fingerprint density at radius 3 is 2.77 bits per heavy atom. The number of esters is 1. The van der Waals surface area contributed by atoms with Crippen LogP contribution < -0.4 is 11.2 Å². The highest BCUT2D eigenvalue weighted by Gasteiger charge is 2.64. The molecule has 5 atom stereocenters. The third-order valence-corrected chi connectivity index (χ3v) is 4.05. The fourth-order valence-electron chi connectivity index (χ4n) is 2.73. The fraction of sp³-hybridized carbons (Fsp3) is 0.667. The van der Waals surface area contributed by atoms with Gasteiger partial charge in [0.2, 0.25) is 0 Å². The molecule has 11 heteroatoms. The van der Waals surface area contributed by atoms with Gasteiger partial charge in [-0.3, -0.25) is 19.1 Å². The van der Waals surface area contributed by atoms with Crippen LogP contribution in [0.2, 0.25) is 0 Å². The first-order valence-corrected chi connectivity index (χ1v) is 7.94. The molecule has 1 N–H and O–H groups in total. The molecular formula is C15H19FN2O8. The lowest BCUT2D eigenvalue weighted by atomic mass is 10.1. The lowest BCUT2D eigenvalue weighted by Gasteiger charge is -2.25. The monoisotopic (exact) mass is 374 g/mol. The lowest BCUT2D eigenvalue weighted by Crippen LogP contribution is -2.43. The minimum atomic E-state index is -2.57. The van der Waals surface area contributed by atoms with E-state index in [0.717, 1.165) is 16.8 Å². The zero-order valence-electron chi connectivity index (χ0n) is 14.3. The van der Waals surface area contributed by atoms with Crippen molar-refractivity contribution in [3.63, 3.8) is 0 Å². The van der Waals surface area contributed by atoms with Gasteiger partial charge in [-0.1, -0.05) is 13.8 Å². The summed E-state index contributed by atoms with van der Waals surface area (Å²) in [6, 6.07) is 1.08. The maximum Gasteiger partial charge on any atom is 0.330 e. The molecule has 0 radical (unpaired) electrons. The molecule has 0 amide bonds. The molecule has 0 aromatic carbocycles. The number of methoxy groups -OCH3 is 1. The van der Waals surface area contributed by atoms with Gasteiger partial charge in [0.25, 0.3) is 17.9 Å². The lowest BCUT2D eigenvalue weighted by molar-refractivity contribution is -0.295. The Morgan fingerprint density at radius 2 is 2.15 bits per heavy atom. The fourth-order valence-corrected chi connectivity index (χ4v) is 2.73. The van der Waals surface area contributed by atoms with E-state index in [9.17, 15) is 14.4 Å². The molecule has 2 fully saturated rings. The summed E-state index contributed by atoms with van der Waals surface area (Å²) in [4.78, 5) is 37.0. The van der Waals surface area contributed by atoms with Gasteiger partial charge in [-0.05, 0) is 0 Å². The standard InChI is InChI=1S/C15H19FN2O8/c1-7(2)12(20)23-6-15(16)10-9(24-14(22-3)25-10)11(26-15)18-5-4-8(19)17-13(18)21/h4-5,7,9-11,14H,6H2,1-3H3,(H,17,19,21)/t9-,10+,11-,14?,15-/m1/s1. The largest absolute Gasteiger partial charge is 0.459 e. The van der Waals surface area contributed by atoms with E-state index in [1.54, 1.807) is 13.8 Å². The number of carbonyl (C=O) groups excluding carboxylic acids is 1. The van der Waals surface area contributed by atoms with E-state index in [1.165, 1.54) is 7.11 Å². The molecule has 3 rings (SSSR count). The maximum absolute atomic E-state index is 15.4. The zero-order valence-corrected chi connectivity index (χ0v) is 14.3. The van der Waals surface area contributed by atoms with Crippen LogP contribution in [0, 0.1) is 5.92 Å². The summed E-state index contributed by atoms with van der Waals surface area (Å²) in [5.74, 6) is -3.64. The van der Waals surface area contributed by atoms with Crippen LogP contribution in [0.5, 0.6) is 0 Å². The Labute approximate surface area is 146 Å². The van der Waals surface area contributed by atoms with Crippen molar-refractivity contribution >= 4 is 5.97 Å². The SMILES string of the molecule is COC1O[C@H]2[C@H](n3ccc(=O)[nH]c3=O)O[C@](F)(COC(=O)C(C)C)[C@H]2O1. The number of hydrogen-bond donors (Lipinski definition) is 1. The minimum Gasteiger partial charge on any atom is -0.459 e. The van der Waals surface area contributed by atoms with Gasteiger partial charge in [-0.15, -0.1) is 0 Å². The summed E-state index contributed by atoms with van der Waals surface area (Å²) in [7, 11) is 1.30.